The van der Waals surface area contributed by atoms with Crippen LogP contribution in [0.1, 0.15) is 0 Å². The summed E-state index contributed by atoms with van der Waals surface area (Å²) in [6.45, 7) is 0. The number of benzene rings is 13. The maximum atomic E-state index is 5.28. The van der Waals surface area contributed by atoms with E-state index in [0.29, 0.717) is 34.9 Å². The summed E-state index contributed by atoms with van der Waals surface area (Å²) in [5.41, 5.74) is 17.4. The molecule has 6 nitrogen and oxygen atoms in total. The third-order valence-corrected chi connectivity index (χ3v) is 19.6. The van der Waals surface area contributed by atoms with Crippen molar-refractivity contribution in [3.05, 3.63) is 326 Å². The molecule has 0 saturated heterocycles. The van der Waals surface area contributed by atoms with Gasteiger partial charge in [-0.2, -0.15) is 0 Å². The monoisotopic (exact) mass is 1320 g/mol. The number of hydrogen-bond donors (Lipinski definition) is 0. The van der Waals surface area contributed by atoms with Crippen molar-refractivity contribution in [2.75, 3.05) is 0 Å². The first-order valence-electron chi connectivity index (χ1n) is 30.8. The summed E-state index contributed by atoms with van der Waals surface area (Å²) < 4.78 is 5.92. The van der Waals surface area contributed by atoms with Crippen molar-refractivity contribution >= 4 is 92.4 Å². The van der Waals surface area contributed by atoms with Gasteiger partial charge >= 0.3 is 0 Å². The summed E-state index contributed by atoms with van der Waals surface area (Å²) in [5.74, 6) is 3.93. The van der Waals surface area contributed by atoms with E-state index in [2.05, 4.69) is 271 Å². The Bertz CT molecular complexity index is 5580. The summed E-state index contributed by atoms with van der Waals surface area (Å²) in [4.78, 5) is 30.8. The quantitative estimate of drug-likeness (QED) is 0.128. The molecule has 0 radical (unpaired) electrons. The molecule has 0 saturated carbocycles. The zero-order chi connectivity index (χ0) is 62.0. The van der Waals surface area contributed by atoms with Crippen LogP contribution in [0.3, 0.4) is 0 Å². The van der Waals surface area contributed by atoms with Crippen LogP contribution in [-0.4, -0.2) is 29.9 Å². The first kappa shape index (κ1) is 59.5. The molecule has 0 aliphatic heterocycles. The highest BCUT2D eigenvalue weighted by molar-refractivity contribution is 9.10. The predicted molar refractivity (Wildman–Crippen MR) is 400 cm³/mol. The summed E-state index contributed by atoms with van der Waals surface area (Å²) in [5, 5.41) is 4.70. The van der Waals surface area contributed by atoms with Gasteiger partial charge in [0.05, 0.1) is 0 Å². The van der Waals surface area contributed by atoms with Gasteiger partial charge in [-0.1, -0.05) is 289 Å². The molecule has 446 valence electrons. The van der Waals surface area contributed by atoms with E-state index >= 15 is 0 Å². The van der Waals surface area contributed by atoms with Gasteiger partial charge in [0.15, 0.2) is 34.9 Å². The van der Waals surface area contributed by atoms with Crippen LogP contribution in [0.25, 0.3) is 164 Å². The van der Waals surface area contributed by atoms with E-state index in [1.807, 2.05) is 66.7 Å². The molecular weight excluding hydrogens is 1270 g/mol. The molecule has 0 fully saturated rings. The van der Waals surface area contributed by atoms with Crippen LogP contribution in [-0.2, 0) is 13.5 Å². The lowest BCUT2D eigenvalue weighted by Crippen LogP contribution is -2.01. The second-order valence-corrected chi connectivity index (χ2v) is 25.7. The molecule has 0 amide bonds. The Balaban J connectivity index is 0.000000164. The Kier molecular flexibility index (Phi) is 16.7. The van der Waals surface area contributed by atoms with Crippen LogP contribution in [0.4, 0.5) is 0 Å². The molecule has 17 aromatic rings. The van der Waals surface area contributed by atoms with Crippen LogP contribution in [0.5, 0.6) is 0 Å². The molecule has 94 heavy (non-hydrogen) atoms. The van der Waals surface area contributed by atoms with E-state index in [-0.39, 0.29) is 13.5 Å². The minimum Gasteiger partial charge on any atom is -2.00 e. The average molecular weight is 1320 g/mol. The zero-order valence-corrected chi connectivity index (χ0v) is 54.4. The van der Waals surface area contributed by atoms with Gasteiger partial charge in [-0.15, -0.1) is 22.7 Å². The van der Waals surface area contributed by atoms with Crippen LogP contribution in [0, 0.1) is 0 Å². The van der Waals surface area contributed by atoms with Crippen molar-refractivity contribution in [2.45, 2.75) is 0 Å². The first-order chi connectivity index (χ1) is 46.0. The Morgan fingerprint density at radius 2 is 0.532 bits per heavy atom. The van der Waals surface area contributed by atoms with Crippen molar-refractivity contribution in [2.24, 2.45) is 0 Å². The predicted octanol–water partition coefficient (Wildman–Crippen LogP) is 23.6. The fraction of sp³-hybridized carbons (Fsp3) is 0. The van der Waals surface area contributed by atoms with Crippen molar-refractivity contribution in [1.29, 1.82) is 0 Å². The lowest BCUT2D eigenvalue weighted by atomic mass is 9.90. The molecule has 0 aliphatic carbocycles. The summed E-state index contributed by atoms with van der Waals surface area (Å²) in [7, 11) is 0. The normalized spacial score (nSPS) is 11.2. The summed E-state index contributed by atoms with van der Waals surface area (Å²) in [6, 6.07) is 112. The van der Waals surface area contributed by atoms with E-state index < -0.39 is 0 Å². The van der Waals surface area contributed by atoms with Crippen LogP contribution < -0.4 is 0 Å². The van der Waals surface area contributed by atoms with Gasteiger partial charge < -0.3 is 13.5 Å². The number of aromatic nitrogens is 6. The second-order valence-electron chi connectivity index (χ2n) is 22.6. The average Bonchev–Trinajstić information content (AvgIpc) is 1.53. The van der Waals surface area contributed by atoms with Gasteiger partial charge in [-0.3, -0.25) is 0 Å². The van der Waals surface area contributed by atoms with Crippen LogP contribution in [0.15, 0.2) is 326 Å². The molecule has 13 aromatic carbocycles. The standard InChI is InChI=1S/C51H33N3S.C33H20BrN3S.S/c1-5-16-34(17-6-1)38-28-30-41(36-20-9-3-10-21-36)44(32-38)39-29-31-46-45(33-39)48-43(26-15-27-47(48)55-46)51-53-49(37-22-11-4-12-23-37)52-50(54-51)42-25-14-13-24-40(42)35-18-7-2-8-19-35;34-23-18-19-28-27(20-23)30-26(16-9-17-29(30)38-28)33-36-31(22-12-5-2-6-13-22)35-32(37-33)25-15-8-7-14-24(25)21-10-3-1-4-11-21;/h1-33H;1-20H;/q;;-2. The minimum atomic E-state index is 0. The first-order valence-corrected chi connectivity index (χ1v) is 33.2. The highest BCUT2D eigenvalue weighted by Crippen LogP contribution is 2.45. The van der Waals surface area contributed by atoms with Crippen molar-refractivity contribution in [3.8, 4) is 124 Å². The molecule has 4 aromatic heterocycles. The largest absolute Gasteiger partial charge is 2.00 e. The minimum absolute atomic E-state index is 0. The number of hydrogen-bond acceptors (Lipinski definition) is 8. The smallest absolute Gasteiger partial charge is 0.164 e. The fourth-order valence-corrected chi connectivity index (χ4v) is 15.0. The van der Waals surface area contributed by atoms with Gasteiger partial charge in [-0.05, 0) is 104 Å². The lowest BCUT2D eigenvalue weighted by Gasteiger charge is -2.14. The maximum Gasteiger partial charge on any atom is 0.164 e. The molecule has 10 heteroatoms. The van der Waals surface area contributed by atoms with Crippen LogP contribution in [0.2, 0.25) is 0 Å². The third-order valence-electron chi connectivity index (χ3n) is 16.8. The number of rotatable bonds is 11. The topological polar surface area (TPSA) is 77.3 Å². The van der Waals surface area contributed by atoms with Crippen molar-refractivity contribution in [3.63, 3.8) is 0 Å². The van der Waals surface area contributed by atoms with Gasteiger partial charge in [-0.25, -0.2) is 29.9 Å². The molecule has 0 unspecified atom stereocenters. The van der Waals surface area contributed by atoms with Crippen molar-refractivity contribution < 1.29 is 0 Å². The number of fused-ring (bicyclic) bond motifs is 6. The third kappa shape index (κ3) is 11.8. The maximum absolute atomic E-state index is 5.28. The van der Waals surface area contributed by atoms with Crippen molar-refractivity contribution in [1.82, 2.24) is 29.9 Å². The SMILES string of the molecule is Brc1ccc2sc3cccc(-c4nc(-c5ccccc5)nc(-c5ccccc5-c5ccccc5)n4)c3c2c1.[S-2].c1ccc(-c2ccc(-c3ccccc3)c(-c3ccc4sc5cccc(-c6nc(-c7ccccc7)nc(-c7ccccc7-c7ccccc7)n6)c5c4c3)c2)cc1. The number of halogens is 1. The Hall–Kier alpha value is -10.9. The van der Waals surface area contributed by atoms with Gasteiger partial charge in [0, 0.05) is 78.2 Å². The van der Waals surface area contributed by atoms with E-state index in [9.17, 15) is 0 Å². The zero-order valence-electron chi connectivity index (χ0n) is 50.4. The molecule has 0 spiro atoms. The highest BCUT2D eigenvalue weighted by Gasteiger charge is 2.22. The van der Waals surface area contributed by atoms with Gasteiger partial charge in [0.1, 0.15) is 0 Å². The molecule has 0 N–H and O–H groups in total. The molecule has 0 aliphatic rings. The van der Waals surface area contributed by atoms with E-state index in [1.165, 1.54) is 62.8 Å². The summed E-state index contributed by atoms with van der Waals surface area (Å²) >= 11 is 7.25. The molecule has 17 rings (SSSR count). The molecule has 0 bridgehead atoms. The number of thiophene rings is 2. The Morgan fingerprint density at radius 1 is 0.202 bits per heavy atom. The van der Waals surface area contributed by atoms with Gasteiger partial charge in [0.25, 0.3) is 0 Å². The van der Waals surface area contributed by atoms with E-state index in [1.54, 1.807) is 22.7 Å². The van der Waals surface area contributed by atoms with Gasteiger partial charge in [0.2, 0.25) is 0 Å². The Labute approximate surface area is 568 Å². The molecule has 0 atom stereocenters. The Morgan fingerprint density at radius 3 is 0.979 bits per heavy atom. The second kappa shape index (κ2) is 26.4. The highest BCUT2D eigenvalue weighted by atomic mass is 79.9. The molecule has 4 heterocycles. The lowest BCUT2D eigenvalue weighted by molar-refractivity contribution is 1.08. The van der Waals surface area contributed by atoms with E-state index in [4.69, 9.17) is 29.9 Å². The summed E-state index contributed by atoms with van der Waals surface area (Å²) in [6.07, 6.45) is 0. The van der Waals surface area contributed by atoms with E-state index in [0.717, 1.165) is 71.1 Å². The van der Waals surface area contributed by atoms with Crippen LogP contribution >= 0.6 is 38.6 Å². The molecular formula is C84H53BrN6S3-2. The fourth-order valence-electron chi connectivity index (χ4n) is 12.4. The number of nitrogens with zero attached hydrogens (tertiary/aromatic N) is 6.